The zero-order valence-electron chi connectivity index (χ0n) is 11.5. The second-order valence-electron chi connectivity index (χ2n) is 4.96. The van der Waals surface area contributed by atoms with Crippen molar-refractivity contribution in [2.45, 2.75) is 46.6 Å². The summed E-state index contributed by atoms with van der Waals surface area (Å²) in [7, 11) is 4.10. The molecule has 1 aromatic heterocycles. The Hall–Kier alpha value is -0.960. The molecule has 3 nitrogen and oxygen atoms in total. The summed E-state index contributed by atoms with van der Waals surface area (Å²) in [5.74, 6) is 1.41. The van der Waals surface area contributed by atoms with Crippen molar-refractivity contribution in [2.24, 2.45) is 0 Å². The van der Waals surface area contributed by atoms with E-state index in [4.69, 9.17) is 0 Å². The minimum absolute atomic E-state index is 0.263. The van der Waals surface area contributed by atoms with Crippen LogP contribution in [-0.4, -0.2) is 29.0 Å². The molecule has 0 aliphatic heterocycles. The standard InChI is InChI=1S/C13H23N3/c1-8(2)12-9(3)14-13(15-10(12)4)11(5)16(6)7/h8,11H,1-7H3. The fourth-order valence-electron chi connectivity index (χ4n) is 2.00. The molecule has 1 heterocycles. The zero-order valence-corrected chi connectivity index (χ0v) is 11.5. The molecule has 0 amide bonds. The van der Waals surface area contributed by atoms with Gasteiger partial charge in [0.15, 0.2) is 0 Å². The lowest BCUT2D eigenvalue weighted by Gasteiger charge is -2.21. The average Bonchev–Trinajstić information content (AvgIpc) is 2.14. The second-order valence-corrected chi connectivity index (χ2v) is 4.96. The molecule has 0 saturated carbocycles. The first-order chi connectivity index (χ1) is 7.34. The maximum absolute atomic E-state index is 4.62. The summed E-state index contributed by atoms with van der Waals surface area (Å²) in [6.07, 6.45) is 0. The van der Waals surface area contributed by atoms with Crippen LogP contribution < -0.4 is 0 Å². The lowest BCUT2D eigenvalue weighted by Crippen LogP contribution is -2.20. The summed E-state index contributed by atoms with van der Waals surface area (Å²) in [4.78, 5) is 11.4. The van der Waals surface area contributed by atoms with E-state index in [1.807, 2.05) is 0 Å². The topological polar surface area (TPSA) is 29.0 Å². The van der Waals surface area contributed by atoms with E-state index in [1.54, 1.807) is 0 Å². The SMILES string of the molecule is Cc1nc(C(C)N(C)C)nc(C)c1C(C)C. The van der Waals surface area contributed by atoms with Crippen LogP contribution in [0.3, 0.4) is 0 Å². The van der Waals surface area contributed by atoms with E-state index < -0.39 is 0 Å². The van der Waals surface area contributed by atoms with Crippen molar-refractivity contribution >= 4 is 0 Å². The Morgan fingerprint density at radius 3 is 1.69 bits per heavy atom. The first-order valence-corrected chi connectivity index (χ1v) is 5.86. The van der Waals surface area contributed by atoms with Crippen molar-refractivity contribution in [3.8, 4) is 0 Å². The van der Waals surface area contributed by atoms with Gasteiger partial charge in [-0.1, -0.05) is 13.8 Å². The molecule has 0 radical (unpaired) electrons. The number of hydrogen-bond donors (Lipinski definition) is 0. The van der Waals surface area contributed by atoms with Crippen molar-refractivity contribution < 1.29 is 0 Å². The van der Waals surface area contributed by atoms with Gasteiger partial charge < -0.3 is 0 Å². The molecule has 1 rings (SSSR count). The smallest absolute Gasteiger partial charge is 0.145 e. The maximum atomic E-state index is 4.62. The third-order valence-electron chi connectivity index (χ3n) is 3.07. The molecule has 0 bridgehead atoms. The van der Waals surface area contributed by atoms with Crippen LogP contribution in [0.25, 0.3) is 0 Å². The van der Waals surface area contributed by atoms with Gasteiger partial charge in [-0.05, 0) is 46.3 Å². The summed E-state index contributed by atoms with van der Waals surface area (Å²) < 4.78 is 0. The molecule has 0 spiro atoms. The van der Waals surface area contributed by atoms with E-state index in [9.17, 15) is 0 Å². The van der Waals surface area contributed by atoms with E-state index >= 15 is 0 Å². The number of rotatable bonds is 3. The fraction of sp³-hybridized carbons (Fsp3) is 0.692. The van der Waals surface area contributed by atoms with Crippen molar-refractivity contribution in [1.82, 2.24) is 14.9 Å². The van der Waals surface area contributed by atoms with Crippen LogP contribution in [-0.2, 0) is 0 Å². The van der Waals surface area contributed by atoms with Gasteiger partial charge in [-0.3, -0.25) is 4.90 Å². The molecule has 3 heteroatoms. The van der Waals surface area contributed by atoms with Crippen molar-refractivity contribution in [3.63, 3.8) is 0 Å². The molecule has 1 unspecified atom stereocenters. The van der Waals surface area contributed by atoms with Crippen LogP contribution in [0.2, 0.25) is 0 Å². The molecular formula is C13H23N3. The summed E-state index contributed by atoms with van der Waals surface area (Å²) in [5, 5.41) is 0. The largest absolute Gasteiger partial charge is 0.300 e. The van der Waals surface area contributed by atoms with Crippen LogP contribution in [0.1, 0.15) is 55.5 Å². The van der Waals surface area contributed by atoms with Crippen molar-refractivity contribution in [2.75, 3.05) is 14.1 Å². The second kappa shape index (κ2) is 4.91. The average molecular weight is 221 g/mol. The molecule has 1 aromatic rings. The molecule has 0 fully saturated rings. The Kier molecular flexibility index (Phi) is 4.03. The maximum Gasteiger partial charge on any atom is 0.145 e. The zero-order chi connectivity index (χ0) is 12.5. The molecule has 0 aliphatic rings. The van der Waals surface area contributed by atoms with Crippen LogP contribution in [0, 0.1) is 13.8 Å². The fourth-order valence-corrected chi connectivity index (χ4v) is 2.00. The lowest BCUT2D eigenvalue weighted by molar-refractivity contribution is 0.307. The van der Waals surface area contributed by atoms with Gasteiger partial charge in [0.25, 0.3) is 0 Å². The van der Waals surface area contributed by atoms with Gasteiger partial charge in [0.2, 0.25) is 0 Å². The molecule has 1 atom stereocenters. The molecule has 0 saturated heterocycles. The highest BCUT2D eigenvalue weighted by Crippen LogP contribution is 2.23. The summed E-state index contributed by atoms with van der Waals surface area (Å²) in [5.41, 5.74) is 3.52. The highest BCUT2D eigenvalue weighted by molar-refractivity contribution is 5.27. The van der Waals surface area contributed by atoms with E-state index in [-0.39, 0.29) is 6.04 Å². The van der Waals surface area contributed by atoms with Crippen molar-refractivity contribution in [3.05, 3.63) is 22.8 Å². The Balaban J connectivity index is 3.19. The minimum atomic E-state index is 0.263. The quantitative estimate of drug-likeness (QED) is 0.786. The number of aromatic nitrogens is 2. The number of nitrogens with zero attached hydrogens (tertiary/aromatic N) is 3. The van der Waals surface area contributed by atoms with Gasteiger partial charge in [-0.2, -0.15) is 0 Å². The summed E-state index contributed by atoms with van der Waals surface area (Å²) >= 11 is 0. The monoisotopic (exact) mass is 221 g/mol. The Labute approximate surface area is 98.9 Å². The van der Waals surface area contributed by atoms with Gasteiger partial charge in [0.05, 0.1) is 6.04 Å². The van der Waals surface area contributed by atoms with E-state index in [1.165, 1.54) is 5.56 Å². The van der Waals surface area contributed by atoms with Gasteiger partial charge >= 0.3 is 0 Å². The first kappa shape index (κ1) is 13.1. The predicted molar refractivity (Wildman–Crippen MR) is 67.7 cm³/mol. The number of aryl methyl sites for hydroxylation is 2. The molecular weight excluding hydrogens is 198 g/mol. The van der Waals surface area contributed by atoms with E-state index in [0.29, 0.717) is 5.92 Å². The molecule has 0 N–H and O–H groups in total. The van der Waals surface area contributed by atoms with Crippen LogP contribution in [0.4, 0.5) is 0 Å². The van der Waals surface area contributed by atoms with E-state index in [0.717, 1.165) is 17.2 Å². The minimum Gasteiger partial charge on any atom is -0.300 e. The molecule has 90 valence electrons. The van der Waals surface area contributed by atoms with Gasteiger partial charge in [0, 0.05) is 11.4 Å². The Morgan fingerprint density at radius 1 is 0.938 bits per heavy atom. The Morgan fingerprint density at radius 2 is 1.38 bits per heavy atom. The Bertz CT molecular complexity index is 346. The molecule has 16 heavy (non-hydrogen) atoms. The van der Waals surface area contributed by atoms with Gasteiger partial charge in [0.1, 0.15) is 5.82 Å². The van der Waals surface area contributed by atoms with Gasteiger partial charge in [-0.15, -0.1) is 0 Å². The van der Waals surface area contributed by atoms with Gasteiger partial charge in [-0.25, -0.2) is 9.97 Å². The summed E-state index contributed by atoms with van der Waals surface area (Å²) in [6, 6.07) is 0.263. The van der Waals surface area contributed by atoms with Crippen LogP contribution in [0.15, 0.2) is 0 Å². The van der Waals surface area contributed by atoms with Crippen LogP contribution >= 0.6 is 0 Å². The molecule has 0 aliphatic carbocycles. The number of hydrogen-bond acceptors (Lipinski definition) is 3. The van der Waals surface area contributed by atoms with Crippen LogP contribution in [0.5, 0.6) is 0 Å². The summed E-state index contributed by atoms with van der Waals surface area (Å²) in [6.45, 7) is 10.7. The molecule has 0 aromatic carbocycles. The predicted octanol–water partition coefficient (Wildman–Crippen LogP) is 2.84. The third kappa shape index (κ3) is 2.59. The first-order valence-electron chi connectivity index (χ1n) is 5.86. The highest BCUT2D eigenvalue weighted by Gasteiger charge is 2.16. The van der Waals surface area contributed by atoms with E-state index in [2.05, 4.69) is 63.6 Å². The normalized spacial score (nSPS) is 13.6. The van der Waals surface area contributed by atoms with Crippen molar-refractivity contribution in [1.29, 1.82) is 0 Å². The highest BCUT2D eigenvalue weighted by atomic mass is 15.1. The lowest BCUT2D eigenvalue weighted by atomic mass is 10.00. The third-order valence-corrected chi connectivity index (χ3v) is 3.07.